The summed E-state index contributed by atoms with van der Waals surface area (Å²) in [6, 6.07) is 0. The lowest BCUT2D eigenvalue weighted by molar-refractivity contribution is -0.119. The van der Waals surface area contributed by atoms with E-state index in [-0.39, 0.29) is 5.91 Å². The minimum Gasteiger partial charge on any atom is -0.356 e. The van der Waals surface area contributed by atoms with Gasteiger partial charge in [-0.1, -0.05) is 13.3 Å². The molecule has 0 bridgehead atoms. The largest absolute Gasteiger partial charge is 0.356 e. The molecule has 2 atom stereocenters. The summed E-state index contributed by atoms with van der Waals surface area (Å²) in [6.07, 6.45) is 2.40. The fourth-order valence-corrected chi connectivity index (χ4v) is 2.00. The van der Waals surface area contributed by atoms with E-state index < -0.39 is 0 Å². The number of hydrogen-bond acceptors (Lipinski definition) is 2. The molecule has 1 fully saturated rings. The quantitative estimate of drug-likeness (QED) is 0.680. The maximum atomic E-state index is 10.8. The molecule has 0 aromatic rings. The van der Waals surface area contributed by atoms with Crippen LogP contribution in [0.1, 0.15) is 26.7 Å². The summed E-state index contributed by atoms with van der Waals surface area (Å²) in [4.78, 5) is 10.8. The first-order chi connectivity index (χ1) is 6.24. The number of nitrogens with one attached hydrogen (secondary N) is 2. The van der Waals surface area contributed by atoms with Crippen molar-refractivity contribution in [2.45, 2.75) is 26.7 Å². The van der Waals surface area contributed by atoms with Crippen LogP contribution in [0.2, 0.25) is 0 Å². The Morgan fingerprint density at radius 2 is 2.31 bits per heavy atom. The number of rotatable bonds is 3. The Kier molecular flexibility index (Phi) is 4.22. The van der Waals surface area contributed by atoms with Crippen LogP contribution in [0.15, 0.2) is 0 Å². The van der Waals surface area contributed by atoms with E-state index in [0.717, 1.165) is 25.6 Å². The number of hydrogen-bond donors (Lipinski definition) is 2. The number of amides is 1. The van der Waals surface area contributed by atoms with Crippen molar-refractivity contribution in [2.24, 2.45) is 11.8 Å². The first-order valence-electron chi connectivity index (χ1n) is 5.19. The molecule has 0 unspecified atom stereocenters. The highest BCUT2D eigenvalue weighted by molar-refractivity contribution is 5.72. The summed E-state index contributed by atoms with van der Waals surface area (Å²) < 4.78 is 0. The SMILES string of the molecule is CC[C@H]1CNCC[C@@H]1CNC(C)=O. The van der Waals surface area contributed by atoms with Crippen molar-refractivity contribution in [3.63, 3.8) is 0 Å². The van der Waals surface area contributed by atoms with Crippen molar-refractivity contribution in [1.82, 2.24) is 10.6 Å². The van der Waals surface area contributed by atoms with Crippen LogP contribution in [-0.4, -0.2) is 25.5 Å². The number of carbonyl (C=O) groups excluding carboxylic acids is 1. The number of piperidine rings is 1. The molecule has 76 valence electrons. The lowest BCUT2D eigenvalue weighted by Crippen LogP contribution is -2.41. The monoisotopic (exact) mass is 184 g/mol. The first-order valence-corrected chi connectivity index (χ1v) is 5.19. The molecule has 1 amide bonds. The van der Waals surface area contributed by atoms with Gasteiger partial charge in [-0.15, -0.1) is 0 Å². The molecule has 13 heavy (non-hydrogen) atoms. The van der Waals surface area contributed by atoms with E-state index in [1.54, 1.807) is 6.92 Å². The van der Waals surface area contributed by atoms with Gasteiger partial charge in [0.25, 0.3) is 0 Å². The van der Waals surface area contributed by atoms with Crippen LogP contribution < -0.4 is 10.6 Å². The molecular weight excluding hydrogens is 164 g/mol. The van der Waals surface area contributed by atoms with E-state index in [1.807, 2.05) is 0 Å². The Hall–Kier alpha value is -0.570. The second-order valence-corrected chi connectivity index (χ2v) is 3.86. The third-order valence-corrected chi connectivity index (χ3v) is 2.90. The van der Waals surface area contributed by atoms with Gasteiger partial charge < -0.3 is 10.6 Å². The van der Waals surface area contributed by atoms with Gasteiger partial charge in [-0.2, -0.15) is 0 Å². The van der Waals surface area contributed by atoms with Gasteiger partial charge in [0, 0.05) is 13.5 Å². The van der Waals surface area contributed by atoms with E-state index in [9.17, 15) is 4.79 Å². The van der Waals surface area contributed by atoms with Gasteiger partial charge in [-0.25, -0.2) is 0 Å². The van der Waals surface area contributed by atoms with E-state index in [4.69, 9.17) is 0 Å². The lowest BCUT2D eigenvalue weighted by atomic mass is 9.84. The van der Waals surface area contributed by atoms with Gasteiger partial charge in [-0.05, 0) is 31.3 Å². The third kappa shape index (κ3) is 3.35. The number of carbonyl (C=O) groups is 1. The second-order valence-electron chi connectivity index (χ2n) is 3.86. The topological polar surface area (TPSA) is 41.1 Å². The molecule has 0 aliphatic carbocycles. The van der Waals surface area contributed by atoms with Gasteiger partial charge in [0.05, 0.1) is 0 Å². The van der Waals surface area contributed by atoms with Crippen LogP contribution in [0.4, 0.5) is 0 Å². The Bertz CT molecular complexity index is 170. The molecule has 2 N–H and O–H groups in total. The molecule has 0 saturated carbocycles. The Morgan fingerprint density at radius 1 is 1.54 bits per heavy atom. The highest BCUT2D eigenvalue weighted by atomic mass is 16.1. The summed E-state index contributed by atoms with van der Waals surface area (Å²) in [5.41, 5.74) is 0. The molecule has 0 aromatic heterocycles. The Labute approximate surface area is 80.3 Å². The van der Waals surface area contributed by atoms with Crippen LogP contribution in [0, 0.1) is 11.8 Å². The van der Waals surface area contributed by atoms with Crippen molar-refractivity contribution in [1.29, 1.82) is 0 Å². The van der Waals surface area contributed by atoms with Crippen LogP contribution >= 0.6 is 0 Å². The molecule has 1 aliphatic rings. The highest BCUT2D eigenvalue weighted by Crippen LogP contribution is 2.20. The maximum absolute atomic E-state index is 10.8. The minimum absolute atomic E-state index is 0.0911. The van der Waals surface area contributed by atoms with Crippen molar-refractivity contribution in [2.75, 3.05) is 19.6 Å². The molecule has 0 radical (unpaired) electrons. The summed E-state index contributed by atoms with van der Waals surface area (Å²) in [7, 11) is 0. The normalized spacial score (nSPS) is 28.5. The van der Waals surface area contributed by atoms with E-state index in [1.165, 1.54) is 12.8 Å². The summed E-state index contributed by atoms with van der Waals surface area (Å²) in [6.45, 7) is 6.87. The van der Waals surface area contributed by atoms with E-state index in [0.29, 0.717) is 5.92 Å². The Balaban J connectivity index is 2.31. The van der Waals surface area contributed by atoms with Gasteiger partial charge in [-0.3, -0.25) is 4.79 Å². The van der Waals surface area contributed by atoms with Crippen molar-refractivity contribution >= 4 is 5.91 Å². The molecule has 1 aliphatic heterocycles. The van der Waals surface area contributed by atoms with Crippen molar-refractivity contribution < 1.29 is 4.79 Å². The minimum atomic E-state index is 0.0911. The van der Waals surface area contributed by atoms with Gasteiger partial charge in [0.15, 0.2) is 0 Å². The van der Waals surface area contributed by atoms with Gasteiger partial charge in [0.1, 0.15) is 0 Å². The third-order valence-electron chi connectivity index (χ3n) is 2.90. The summed E-state index contributed by atoms with van der Waals surface area (Å²) in [5, 5.41) is 6.30. The van der Waals surface area contributed by atoms with Crippen LogP contribution in [0.5, 0.6) is 0 Å². The van der Waals surface area contributed by atoms with Crippen LogP contribution in [0.25, 0.3) is 0 Å². The second kappa shape index (κ2) is 5.22. The molecule has 1 rings (SSSR count). The first kappa shape index (κ1) is 10.5. The van der Waals surface area contributed by atoms with Gasteiger partial charge >= 0.3 is 0 Å². The van der Waals surface area contributed by atoms with Crippen molar-refractivity contribution in [3.8, 4) is 0 Å². The van der Waals surface area contributed by atoms with Gasteiger partial charge in [0.2, 0.25) is 5.91 Å². The van der Waals surface area contributed by atoms with E-state index in [2.05, 4.69) is 17.6 Å². The van der Waals surface area contributed by atoms with Crippen LogP contribution in [0.3, 0.4) is 0 Å². The molecule has 3 heteroatoms. The Morgan fingerprint density at radius 3 is 2.92 bits per heavy atom. The molecular formula is C10H20N2O. The molecule has 1 saturated heterocycles. The molecule has 0 spiro atoms. The maximum Gasteiger partial charge on any atom is 0.216 e. The zero-order chi connectivity index (χ0) is 9.68. The molecule has 0 aromatic carbocycles. The van der Waals surface area contributed by atoms with Crippen molar-refractivity contribution in [3.05, 3.63) is 0 Å². The molecule has 3 nitrogen and oxygen atoms in total. The average Bonchev–Trinajstić information content (AvgIpc) is 2.15. The summed E-state index contributed by atoms with van der Waals surface area (Å²) in [5.74, 6) is 1.50. The molecule has 1 heterocycles. The fourth-order valence-electron chi connectivity index (χ4n) is 2.00. The zero-order valence-corrected chi connectivity index (χ0v) is 8.60. The van der Waals surface area contributed by atoms with E-state index >= 15 is 0 Å². The average molecular weight is 184 g/mol. The standard InChI is InChI=1S/C10H20N2O/c1-3-9-6-11-5-4-10(9)7-12-8(2)13/h9-11H,3-7H2,1-2H3,(H,12,13)/t9-,10+/m0/s1. The van der Waals surface area contributed by atoms with Crippen LogP contribution in [-0.2, 0) is 4.79 Å². The smallest absolute Gasteiger partial charge is 0.216 e. The summed E-state index contributed by atoms with van der Waals surface area (Å²) >= 11 is 0. The predicted octanol–water partition coefficient (Wildman–Crippen LogP) is 0.758. The predicted molar refractivity (Wildman–Crippen MR) is 53.4 cm³/mol. The zero-order valence-electron chi connectivity index (χ0n) is 8.60. The lowest BCUT2D eigenvalue weighted by Gasteiger charge is -2.31. The fraction of sp³-hybridized carbons (Fsp3) is 0.900. The highest BCUT2D eigenvalue weighted by Gasteiger charge is 2.22.